The van der Waals surface area contributed by atoms with E-state index in [1.807, 2.05) is 0 Å². The maximum atomic E-state index is 13.0. The van der Waals surface area contributed by atoms with Crippen molar-refractivity contribution in [2.24, 2.45) is 0 Å². The Bertz CT molecular complexity index is 750. The average Bonchev–Trinajstić information content (AvgIpc) is 2.38. The van der Waals surface area contributed by atoms with Gasteiger partial charge in [-0.3, -0.25) is 0 Å². The van der Waals surface area contributed by atoms with Gasteiger partial charge in [-0.25, -0.2) is 4.39 Å². The van der Waals surface area contributed by atoms with Crippen molar-refractivity contribution in [3.05, 3.63) is 59.9 Å². The van der Waals surface area contributed by atoms with E-state index in [2.05, 4.69) is 0 Å². The van der Waals surface area contributed by atoms with Crippen LogP contribution in [0.25, 0.3) is 0 Å². The molecule has 19 heavy (non-hydrogen) atoms. The summed E-state index contributed by atoms with van der Waals surface area (Å²) in [4.78, 5) is -0.248. The number of rotatable bonds is 3. The van der Waals surface area contributed by atoms with Gasteiger partial charge in [0.15, 0.2) is 0 Å². The van der Waals surface area contributed by atoms with Crippen LogP contribution in [0.15, 0.2) is 53.4 Å². The Morgan fingerprint density at radius 2 is 1.84 bits per heavy atom. The zero-order valence-electron chi connectivity index (χ0n) is 9.58. The van der Waals surface area contributed by atoms with Crippen LogP contribution < -0.4 is 4.18 Å². The van der Waals surface area contributed by atoms with E-state index < -0.39 is 15.9 Å². The molecule has 0 unspecified atom stereocenters. The van der Waals surface area contributed by atoms with Crippen molar-refractivity contribution in [2.75, 3.05) is 0 Å². The van der Waals surface area contributed by atoms with Crippen molar-refractivity contribution < 1.29 is 17.0 Å². The van der Waals surface area contributed by atoms with Crippen LogP contribution in [-0.2, 0) is 10.1 Å². The lowest BCUT2D eigenvalue weighted by atomic mass is 10.2. The van der Waals surface area contributed by atoms with Crippen molar-refractivity contribution in [2.45, 2.75) is 4.90 Å². The Labute approximate surface area is 109 Å². The van der Waals surface area contributed by atoms with Crippen LogP contribution in [0.3, 0.4) is 0 Å². The van der Waals surface area contributed by atoms with Gasteiger partial charge in [0.1, 0.15) is 22.5 Å². The highest BCUT2D eigenvalue weighted by Gasteiger charge is 2.20. The monoisotopic (exact) mass is 277 g/mol. The summed E-state index contributed by atoms with van der Waals surface area (Å²) in [6.45, 7) is 0. The molecule has 0 bridgehead atoms. The maximum absolute atomic E-state index is 13.0. The van der Waals surface area contributed by atoms with Gasteiger partial charge in [-0.2, -0.15) is 13.7 Å². The van der Waals surface area contributed by atoms with Crippen LogP contribution in [0.2, 0.25) is 0 Å². The number of hydrogen-bond donors (Lipinski definition) is 0. The standard InChI is InChI=1S/C13H8FNO3S/c14-11-5-3-6-12(8-11)18-19(16,17)13-7-2-1-4-10(13)9-15/h1-8H. The second kappa shape index (κ2) is 5.08. The van der Waals surface area contributed by atoms with E-state index in [4.69, 9.17) is 9.44 Å². The molecule has 2 rings (SSSR count). The van der Waals surface area contributed by atoms with E-state index in [1.165, 1.54) is 36.4 Å². The fourth-order valence-electron chi connectivity index (χ4n) is 1.47. The summed E-state index contributed by atoms with van der Waals surface area (Å²) >= 11 is 0. The van der Waals surface area contributed by atoms with Crippen LogP contribution in [0.4, 0.5) is 4.39 Å². The minimum absolute atomic E-state index is 0.0288. The Kier molecular flexibility index (Phi) is 3.49. The molecule has 2 aromatic rings. The number of benzene rings is 2. The van der Waals surface area contributed by atoms with Gasteiger partial charge in [0.05, 0.1) is 5.56 Å². The molecule has 2 aromatic carbocycles. The van der Waals surface area contributed by atoms with E-state index in [0.29, 0.717) is 0 Å². The Morgan fingerprint density at radius 1 is 1.11 bits per heavy atom. The third-order valence-electron chi connectivity index (χ3n) is 2.28. The van der Waals surface area contributed by atoms with Crippen molar-refractivity contribution in [3.63, 3.8) is 0 Å². The first kappa shape index (κ1) is 13.1. The number of hydrogen-bond acceptors (Lipinski definition) is 4. The molecule has 0 aliphatic heterocycles. The third-order valence-corrected chi connectivity index (χ3v) is 3.59. The van der Waals surface area contributed by atoms with Gasteiger partial charge >= 0.3 is 10.1 Å². The highest BCUT2D eigenvalue weighted by molar-refractivity contribution is 7.87. The van der Waals surface area contributed by atoms with E-state index in [0.717, 1.165) is 6.07 Å². The summed E-state index contributed by atoms with van der Waals surface area (Å²) in [5.74, 6) is -0.756. The fraction of sp³-hybridized carbons (Fsp3) is 0. The summed E-state index contributed by atoms with van der Waals surface area (Å²) in [5.41, 5.74) is -0.0288. The van der Waals surface area contributed by atoms with Crippen LogP contribution >= 0.6 is 0 Å². The third kappa shape index (κ3) is 2.89. The van der Waals surface area contributed by atoms with E-state index >= 15 is 0 Å². The van der Waals surface area contributed by atoms with Gasteiger partial charge in [-0.15, -0.1) is 0 Å². The van der Waals surface area contributed by atoms with Crippen molar-refractivity contribution in [1.82, 2.24) is 0 Å². The van der Waals surface area contributed by atoms with Crippen molar-refractivity contribution in [3.8, 4) is 11.8 Å². The normalized spacial score (nSPS) is 10.7. The zero-order valence-corrected chi connectivity index (χ0v) is 10.4. The molecular formula is C13H8FNO3S. The molecule has 0 atom stereocenters. The summed E-state index contributed by atoms with van der Waals surface area (Å²) < 4.78 is 41.7. The molecule has 0 spiro atoms. The molecular weight excluding hydrogens is 269 g/mol. The molecule has 96 valence electrons. The average molecular weight is 277 g/mol. The first-order valence-corrected chi connectivity index (χ1v) is 6.63. The Hall–Kier alpha value is -2.39. The topological polar surface area (TPSA) is 67.2 Å². The molecule has 0 aliphatic rings. The highest BCUT2D eigenvalue weighted by Crippen LogP contribution is 2.21. The van der Waals surface area contributed by atoms with Gasteiger partial charge in [0.2, 0.25) is 0 Å². The summed E-state index contributed by atoms with van der Waals surface area (Å²) in [7, 11) is -4.16. The molecule has 0 amide bonds. The van der Waals surface area contributed by atoms with E-state index in [1.54, 1.807) is 12.1 Å². The zero-order chi connectivity index (χ0) is 13.9. The molecule has 0 heterocycles. The smallest absolute Gasteiger partial charge is 0.340 e. The first-order chi connectivity index (χ1) is 9.03. The van der Waals surface area contributed by atoms with Crippen LogP contribution in [0.1, 0.15) is 5.56 Å². The largest absolute Gasteiger partial charge is 0.379 e. The summed E-state index contributed by atoms with van der Waals surface area (Å²) in [6.07, 6.45) is 0. The molecule has 0 aromatic heterocycles. The Morgan fingerprint density at radius 3 is 2.53 bits per heavy atom. The number of nitrogens with zero attached hydrogens (tertiary/aromatic N) is 1. The minimum Gasteiger partial charge on any atom is -0.379 e. The van der Waals surface area contributed by atoms with Crippen molar-refractivity contribution >= 4 is 10.1 Å². The molecule has 0 saturated heterocycles. The van der Waals surface area contributed by atoms with Gasteiger partial charge in [0, 0.05) is 6.07 Å². The van der Waals surface area contributed by atoms with E-state index in [-0.39, 0.29) is 16.2 Å². The predicted octanol–water partition coefficient (Wildman–Crippen LogP) is 2.47. The first-order valence-electron chi connectivity index (χ1n) is 5.22. The van der Waals surface area contributed by atoms with Gasteiger partial charge in [-0.1, -0.05) is 18.2 Å². The Balaban J connectivity index is 2.41. The highest BCUT2D eigenvalue weighted by atomic mass is 32.2. The second-order valence-corrected chi connectivity index (χ2v) is 5.12. The molecule has 4 nitrogen and oxygen atoms in total. The fourth-order valence-corrected chi connectivity index (χ4v) is 2.54. The SMILES string of the molecule is N#Cc1ccccc1S(=O)(=O)Oc1cccc(F)c1. The summed E-state index contributed by atoms with van der Waals surface area (Å²) in [5, 5.41) is 8.86. The van der Waals surface area contributed by atoms with Crippen molar-refractivity contribution in [1.29, 1.82) is 5.26 Å². The molecule has 0 radical (unpaired) electrons. The van der Waals surface area contributed by atoms with Gasteiger partial charge in [-0.05, 0) is 24.3 Å². The second-order valence-electron chi connectivity index (χ2n) is 3.60. The molecule has 0 N–H and O–H groups in total. The molecule has 0 saturated carbocycles. The van der Waals surface area contributed by atoms with Gasteiger partial charge < -0.3 is 4.18 Å². The minimum atomic E-state index is -4.16. The molecule has 6 heteroatoms. The van der Waals surface area contributed by atoms with E-state index in [9.17, 15) is 12.8 Å². The molecule has 0 aliphatic carbocycles. The predicted molar refractivity (Wildman–Crippen MR) is 65.4 cm³/mol. The van der Waals surface area contributed by atoms with Crippen LogP contribution in [0.5, 0.6) is 5.75 Å². The quantitative estimate of drug-likeness (QED) is 0.808. The number of nitriles is 1. The number of halogens is 1. The lowest BCUT2D eigenvalue weighted by Gasteiger charge is -2.07. The molecule has 0 fully saturated rings. The van der Waals surface area contributed by atoms with Crippen LogP contribution in [-0.4, -0.2) is 8.42 Å². The lowest BCUT2D eigenvalue weighted by molar-refractivity contribution is 0.483. The van der Waals surface area contributed by atoms with Gasteiger partial charge in [0.25, 0.3) is 0 Å². The lowest BCUT2D eigenvalue weighted by Crippen LogP contribution is -2.11. The maximum Gasteiger partial charge on any atom is 0.340 e. The van der Waals surface area contributed by atoms with Crippen LogP contribution in [0, 0.1) is 17.1 Å². The summed E-state index contributed by atoms with van der Waals surface area (Å²) in [6, 6.07) is 12.2.